The van der Waals surface area contributed by atoms with Gasteiger partial charge in [-0.1, -0.05) is 0 Å². The van der Waals surface area contributed by atoms with Crippen molar-refractivity contribution < 1.29 is 0 Å². The van der Waals surface area contributed by atoms with Crippen molar-refractivity contribution in [2.24, 2.45) is 0 Å². The van der Waals surface area contributed by atoms with Crippen LogP contribution in [0.2, 0.25) is 0 Å². The molecule has 2 aromatic heterocycles. The molecule has 0 spiro atoms. The number of rotatable bonds is 2. The van der Waals surface area contributed by atoms with Gasteiger partial charge in [0, 0.05) is 17.3 Å². The molecule has 0 radical (unpaired) electrons. The number of aryl methyl sites for hydroxylation is 2. The lowest BCUT2D eigenvalue weighted by Gasteiger charge is -2.16. The van der Waals surface area contributed by atoms with Crippen molar-refractivity contribution in [1.82, 2.24) is 9.97 Å². The zero-order valence-corrected chi connectivity index (χ0v) is 11.4. The van der Waals surface area contributed by atoms with Gasteiger partial charge in [0.1, 0.15) is 11.1 Å². The minimum Gasteiger partial charge on any atom is -0.244 e. The molecule has 5 heteroatoms. The molecule has 90 valence electrons. The van der Waals surface area contributed by atoms with Crippen LogP contribution in [0, 0.1) is 11.3 Å². The molecule has 0 bridgehead atoms. The van der Waals surface area contributed by atoms with Crippen molar-refractivity contribution in [2.45, 2.75) is 35.0 Å². The largest absolute Gasteiger partial charge is 0.244 e. The maximum Gasteiger partial charge on any atom is 0.156 e. The molecule has 0 saturated heterocycles. The maximum absolute atomic E-state index is 9.23. The van der Waals surface area contributed by atoms with Crippen molar-refractivity contribution in [3.05, 3.63) is 34.5 Å². The number of nitrogens with zero attached hydrogens (tertiary/aromatic N) is 3. The van der Waals surface area contributed by atoms with E-state index in [4.69, 9.17) is 0 Å². The van der Waals surface area contributed by atoms with Crippen molar-refractivity contribution in [2.75, 3.05) is 0 Å². The summed E-state index contributed by atoms with van der Waals surface area (Å²) in [6.45, 7) is 0. The second-order valence-corrected chi connectivity index (χ2v) is 6.30. The number of pyridine rings is 1. The molecule has 0 atom stereocenters. The summed E-state index contributed by atoms with van der Waals surface area (Å²) in [7, 11) is 0. The molecule has 0 saturated carbocycles. The van der Waals surface area contributed by atoms with E-state index in [0.29, 0.717) is 5.56 Å². The lowest BCUT2D eigenvalue weighted by atomic mass is 9.95. The summed E-state index contributed by atoms with van der Waals surface area (Å²) in [5.41, 5.74) is 3.09. The van der Waals surface area contributed by atoms with Crippen LogP contribution in [0.15, 0.2) is 27.0 Å². The van der Waals surface area contributed by atoms with Gasteiger partial charge in [0.15, 0.2) is 4.34 Å². The van der Waals surface area contributed by atoms with Crippen molar-refractivity contribution in [3.8, 4) is 6.07 Å². The van der Waals surface area contributed by atoms with Crippen molar-refractivity contribution >= 4 is 23.1 Å². The Bertz CT molecular complexity index is 599. The van der Waals surface area contributed by atoms with E-state index in [1.54, 1.807) is 17.5 Å². The van der Waals surface area contributed by atoms with E-state index in [-0.39, 0.29) is 0 Å². The molecular formula is C13H11N3S2. The number of fused-ring (bicyclic) bond motifs is 1. The second-order valence-electron chi connectivity index (χ2n) is 4.17. The van der Waals surface area contributed by atoms with Gasteiger partial charge in [0.25, 0.3) is 0 Å². The highest BCUT2D eigenvalue weighted by Gasteiger charge is 2.16. The number of aromatic nitrogens is 2. The number of hydrogen-bond donors (Lipinski definition) is 0. The van der Waals surface area contributed by atoms with E-state index >= 15 is 0 Å². The summed E-state index contributed by atoms with van der Waals surface area (Å²) < 4.78 is 0.940. The Hall–Kier alpha value is -1.38. The molecule has 18 heavy (non-hydrogen) atoms. The van der Waals surface area contributed by atoms with Gasteiger partial charge in [0.05, 0.1) is 5.56 Å². The van der Waals surface area contributed by atoms with E-state index in [0.717, 1.165) is 22.2 Å². The SMILES string of the molecule is N#Cc1cc2c(nc1Sc1nccs1)CCCC2. The minimum atomic E-state index is 0.677. The molecule has 0 aliphatic heterocycles. The van der Waals surface area contributed by atoms with Gasteiger partial charge in [-0.3, -0.25) is 0 Å². The van der Waals surface area contributed by atoms with E-state index in [1.807, 2.05) is 11.4 Å². The Morgan fingerprint density at radius 3 is 3.00 bits per heavy atom. The van der Waals surface area contributed by atoms with Gasteiger partial charge < -0.3 is 0 Å². The first-order valence-electron chi connectivity index (χ1n) is 5.87. The summed E-state index contributed by atoms with van der Waals surface area (Å²) in [5.74, 6) is 0. The fourth-order valence-electron chi connectivity index (χ4n) is 2.12. The van der Waals surface area contributed by atoms with Gasteiger partial charge in [0.2, 0.25) is 0 Å². The summed E-state index contributed by atoms with van der Waals surface area (Å²) in [4.78, 5) is 8.90. The molecule has 0 aromatic carbocycles. The van der Waals surface area contributed by atoms with Crippen LogP contribution < -0.4 is 0 Å². The van der Waals surface area contributed by atoms with Crippen LogP contribution in [0.1, 0.15) is 29.7 Å². The topological polar surface area (TPSA) is 49.6 Å². The number of nitriles is 1. The normalized spacial score (nSPS) is 13.9. The Kier molecular flexibility index (Phi) is 3.31. The lowest BCUT2D eigenvalue weighted by molar-refractivity contribution is 0.660. The molecule has 1 aliphatic rings. The quantitative estimate of drug-likeness (QED) is 0.841. The Morgan fingerprint density at radius 2 is 2.22 bits per heavy atom. The van der Waals surface area contributed by atoms with Crippen LogP contribution in [0.5, 0.6) is 0 Å². The third-order valence-electron chi connectivity index (χ3n) is 2.98. The number of hydrogen-bond acceptors (Lipinski definition) is 5. The van der Waals surface area contributed by atoms with Crippen LogP contribution in [-0.4, -0.2) is 9.97 Å². The molecule has 2 aromatic rings. The molecule has 2 heterocycles. The number of thiazole rings is 1. The van der Waals surface area contributed by atoms with Crippen LogP contribution in [0.3, 0.4) is 0 Å². The average molecular weight is 273 g/mol. The Balaban J connectivity index is 2.00. The van der Waals surface area contributed by atoms with Gasteiger partial charge in [-0.25, -0.2) is 9.97 Å². The van der Waals surface area contributed by atoms with Gasteiger partial charge in [-0.05, 0) is 49.1 Å². The maximum atomic E-state index is 9.23. The van der Waals surface area contributed by atoms with Crippen molar-refractivity contribution in [3.63, 3.8) is 0 Å². The molecule has 0 N–H and O–H groups in total. The molecular weight excluding hydrogens is 262 g/mol. The summed E-state index contributed by atoms with van der Waals surface area (Å²) in [5, 5.41) is 12.0. The predicted molar refractivity (Wildman–Crippen MR) is 71.8 cm³/mol. The van der Waals surface area contributed by atoms with Crippen LogP contribution in [0.25, 0.3) is 0 Å². The van der Waals surface area contributed by atoms with E-state index in [1.165, 1.54) is 35.9 Å². The molecule has 0 unspecified atom stereocenters. The monoisotopic (exact) mass is 273 g/mol. The van der Waals surface area contributed by atoms with Gasteiger partial charge in [-0.2, -0.15) is 5.26 Å². The summed E-state index contributed by atoms with van der Waals surface area (Å²) in [6.07, 6.45) is 6.27. The van der Waals surface area contributed by atoms with E-state index in [9.17, 15) is 5.26 Å². The molecule has 0 fully saturated rings. The fraction of sp³-hybridized carbons (Fsp3) is 0.308. The zero-order valence-electron chi connectivity index (χ0n) is 9.72. The summed E-state index contributed by atoms with van der Waals surface area (Å²) >= 11 is 3.07. The van der Waals surface area contributed by atoms with Crippen LogP contribution >= 0.6 is 23.1 Å². The fourth-order valence-corrected chi connectivity index (χ4v) is 3.72. The van der Waals surface area contributed by atoms with Crippen molar-refractivity contribution in [1.29, 1.82) is 5.26 Å². The minimum absolute atomic E-state index is 0.677. The molecule has 3 nitrogen and oxygen atoms in total. The van der Waals surface area contributed by atoms with E-state index < -0.39 is 0 Å². The lowest BCUT2D eigenvalue weighted by Crippen LogP contribution is -2.07. The molecule has 0 amide bonds. The van der Waals surface area contributed by atoms with Crippen LogP contribution in [0.4, 0.5) is 0 Å². The second kappa shape index (κ2) is 5.09. The van der Waals surface area contributed by atoms with Gasteiger partial charge in [-0.15, -0.1) is 11.3 Å². The summed E-state index contributed by atoms with van der Waals surface area (Å²) in [6, 6.07) is 4.26. The highest BCUT2D eigenvalue weighted by atomic mass is 32.2. The first kappa shape index (κ1) is 11.7. The third kappa shape index (κ3) is 2.26. The first-order chi connectivity index (χ1) is 8.86. The third-order valence-corrected chi connectivity index (χ3v) is 4.87. The van der Waals surface area contributed by atoms with Gasteiger partial charge >= 0.3 is 0 Å². The van der Waals surface area contributed by atoms with E-state index in [2.05, 4.69) is 16.0 Å². The smallest absolute Gasteiger partial charge is 0.156 e. The average Bonchev–Trinajstić information content (AvgIpc) is 2.91. The molecule has 3 rings (SSSR count). The molecule has 1 aliphatic carbocycles. The van der Waals surface area contributed by atoms with Crippen LogP contribution in [-0.2, 0) is 12.8 Å². The standard InChI is InChI=1S/C13H11N3S2/c14-8-10-7-9-3-1-2-4-11(9)16-12(10)18-13-15-5-6-17-13/h5-7H,1-4H2. The Morgan fingerprint density at radius 1 is 1.33 bits per heavy atom. The Labute approximate surface area is 114 Å². The first-order valence-corrected chi connectivity index (χ1v) is 7.56. The zero-order chi connectivity index (χ0) is 12.4. The highest BCUT2D eigenvalue weighted by Crippen LogP contribution is 2.32. The predicted octanol–water partition coefficient (Wildman–Crippen LogP) is 3.44. The highest BCUT2D eigenvalue weighted by molar-refractivity contribution is 8.01.